The fourth-order valence-electron chi connectivity index (χ4n) is 3.21. The van der Waals surface area contributed by atoms with E-state index in [2.05, 4.69) is 25.9 Å². The lowest BCUT2D eigenvalue weighted by Crippen LogP contribution is -2.12. The molecule has 0 spiro atoms. The Bertz CT molecular complexity index is 955. The zero-order valence-corrected chi connectivity index (χ0v) is 18.7. The number of aromatic nitrogens is 2. The number of halogens is 2. The second-order valence-electron chi connectivity index (χ2n) is 8.49. The van der Waals surface area contributed by atoms with Crippen molar-refractivity contribution in [3.05, 3.63) is 58.9 Å². The second-order valence-corrected chi connectivity index (χ2v) is 8.93. The molecule has 0 unspecified atom stereocenters. The van der Waals surface area contributed by atoms with Gasteiger partial charge in [0.2, 0.25) is 0 Å². The highest BCUT2D eigenvalue weighted by molar-refractivity contribution is 6.31. The van der Waals surface area contributed by atoms with Gasteiger partial charge in [0, 0.05) is 29.6 Å². The molecule has 0 atom stereocenters. The minimum Gasteiger partial charge on any atom is -0.300 e. The lowest BCUT2D eigenvalue weighted by Gasteiger charge is -2.15. The smallest absolute Gasteiger partial charge is 0.133 e. The molecule has 2 heterocycles. The Labute approximate surface area is 177 Å². The lowest BCUT2D eigenvalue weighted by molar-refractivity contribution is -0.120. The van der Waals surface area contributed by atoms with Crippen molar-refractivity contribution in [3.63, 3.8) is 0 Å². The van der Waals surface area contributed by atoms with Crippen molar-refractivity contribution in [1.82, 2.24) is 9.61 Å². The molecule has 156 valence electrons. The molecule has 0 radical (unpaired) electrons. The molecule has 3 rings (SSSR count). The number of hydrogen-bond acceptors (Lipinski definition) is 2. The number of alkyl halides is 1. The molecule has 0 aliphatic carbocycles. The molecule has 1 aromatic carbocycles. The van der Waals surface area contributed by atoms with Crippen molar-refractivity contribution in [2.24, 2.45) is 5.41 Å². The number of ketones is 1. The number of carbonyl (C=O) groups is 1. The Morgan fingerprint density at radius 1 is 1.17 bits per heavy atom. The molecular formula is C24H30ClFN2O. The van der Waals surface area contributed by atoms with Crippen molar-refractivity contribution in [2.75, 3.05) is 0 Å². The summed E-state index contributed by atoms with van der Waals surface area (Å²) < 4.78 is 14.4. The van der Waals surface area contributed by atoms with E-state index in [0.717, 1.165) is 41.6 Å². The van der Waals surface area contributed by atoms with E-state index >= 15 is 0 Å². The number of fused-ring (bicyclic) bond motifs is 1. The van der Waals surface area contributed by atoms with Crippen LogP contribution < -0.4 is 0 Å². The maximum atomic E-state index is 12.6. The summed E-state index contributed by atoms with van der Waals surface area (Å²) in [5, 5.41) is 5.13. The van der Waals surface area contributed by atoms with E-state index in [0.29, 0.717) is 16.4 Å². The molecule has 0 fully saturated rings. The van der Waals surface area contributed by atoms with Crippen LogP contribution in [0, 0.1) is 12.3 Å². The van der Waals surface area contributed by atoms with Gasteiger partial charge < -0.3 is 0 Å². The summed E-state index contributed by atoms with van der Waals surface area (Å²) in [6.45, 7) is 9.85. The summed E-state index contributed by atoms with van der Waals surface area (Å²) >= 11 is 6.04. The summed E-state index contributed by atoms with van der Waals surface area (Å²) in [5.41, 5.74) is 4.79. The van der Waals surface area contributed by atoms with Gasteiger partial charge in [-0.25, -0.2) is 8.91 Å². The number of pyridine rings is 1. The predicted molar refractivity (Wildman–Crippen MR) is 119 cm³/mol. The van der Waals surface area contributed by atoms with Crippen LogP contribution in [-0.4, -0.2) is 15.4 Å². The number of Topliss-reactive ketones (excluding diaryl/α,β-unsaturated/α-hetero) is 1. The summed E-state index contributed by atoms with van der Waals surface area (Å²) in [6, 6.07) is 11.1. The van der Waals surface area contributed by atoms with Crippen LogP contribution in [0.5, 0.6) is 0 Å². The molecule has 3 aromatic rings. The van der Waals surface area contributed by atoms with E-state index in [1.807, 2.05) is 38.2 Å². The first kappa shape index (κ1) is 23.1. The molecular weight excluding hydrogens is 387 g/mol. The zero-order valence-electron chi connectivity index (χ0n) is 17.9. The molecule has 3 nitrogen and oxygen atoms in total. The predicted octanol–water partition coefficient (Wildman–Crippen LogP) is 7.22. The van der Waals surface area contributed by atoms with E-state index in [9.17, 15) is 9.18 Å². The van der Waals surface area contributed by atoms with Gasteiger partial charge in [-0.15, -0.1) is 0 Å². The van der Waals surface area contributed by atoms with Crippen LogP contribution in [0.2, 0.25) is 5.02 Å². The van der Waals surface area contributed by atoms with Crippen LogP contribution in [-0.2, 0) is 11.5 Å². The highest BCUT2D eigenvalue weighted by atomic mass is 35.5. The lowest BCUT2D eigenvalue weighted by atomic mass is 9.89. The molecule has 0 N–H and O–H groups in total. The van der Waals surface area contributed by atoms with Gasteiger partial charge in [-0.3, -0.25) is 4.79 Å². The Balaban J connectivity index is 0.000000257. The molecule has 2 aromatic heterocycles. The number of nitrogens with zero attached hydrogens (tertiary/aromatic N) is 2. The van der Waals surface area contributed by atoms with Crippen LogP contribution in [0.4, 0.5) is 4.39 Å². The van der Waals surface area contributed by atoms with Gasteiger partial charge >= 0.3 is 0 Å². The van der Waals surface area contributed by atoms with Gasteiger partial charge in [0.15, 0.2) is 0 Å². The molecule has 0 amide bonds. The Hall–Kier alpha value is -2.20. The standard InChI is InChI=1S/C15H12ClFN2.C9H18O/c1-10-15(12-4-2-11(9-17)3-5-12)14-8-13(16)6-7-19(14)18-10;1-5-6-8(10)7-9(2,3)4/h2-8H,9H2,1H3;5-7H2,1-4H3. The molecule has 0 saturated carbocycles. The highest BCUT2D eigenvalue weighted by Gasteiger charge is 2.14. The SMILES string of the molecule is CCCC(=O)CC(C)(C)C.Cc1nn2ccc(Cl)cc2c1-c1ccc(CF)cc1. The third kappa shape index (κ3) is 6.67. The maximum absolute atomic E-state index is 12.6. The van der Waals surface area contributed by atoms with Gasteiger partial charge in [-0.2, -0.15) is 5.10 Å². The first-order valence-corrected chi connectivity index (χ1v) is 10.3. The normalized spacial score (nSPS) is 11.3. The van der Waals surface area contributed by atoms with E-state index in [1.54, 1.807) is 22.7 Å². The molecule has 5 heteroatoms. The number of rotatable bonds is 5. The van der Waals surface area contributed by atoms with E-state index in [1.165, 1.54) is 0 Å². The minimum absolute atomic E-state index is 0.173. The van der Waals surface area contributed by atoms with Crippen LogP contribution in [0.25, 0.3) is 16.6 Å². The fourth-order valence-corrected chi connectivity index (χ4v) is 3.37. The summed E-state index contributed by atoms with van der Waals surface area (Å²) in [5.74, 6) is 0.398. The molecule has 0 aliphatic rings. The monoisotopic (exact) mass is 416 g/mol. The first-order valence-electron chi connectivity index (χ1n) is 9.96. The van der Waals surface area contributed by atoms with Crippen LogP contribution in [0.1, 0.15) is 58.2 Å². The van der Waals surface area contributed by atoms with Crippen LogP contribution >= 0.6 is 11.6 Å². The molecule has 0 aliphatic heterocycles. The molecule has 29 heavy (non-hydrogen) atoms. The number of benzene rings is 1. The zero-order chi connectivity index (χ0) is 21.6. The van der Waals surface area contributed by atoms with Crippen molar-refractivity contribution in [2.45, 2.75) is 60.6 Å². The van der Waals surface area contributed by atoms with E-state index in [-0.39, 0.29) is 5.41 Å². The molecule has 0 saturated heterocycles. The second kappa shape index (κ2) is 10.0. The molecule has 0 bridgehead atoms. The number of hydrogen-bond donors (Lipinski definition) is 0. The van der Waals surface area contributed by atoms with E-state index in [4.69, 9.17) is 11.6 Å². The Kier molecular flexibility index (Phi) is 7.97. The number of aryl methyl sites for hydroxylation is 1. The van der Waals surface area contributed by atoms with Crippen LogP contribution in [0.3, 0.4) is 0 Å². The largest absolute Gasteiger partial charge is 0.300 e. The third-order valence-corrected chi connectivity index (χ3v) is 4.66. The fraction of sp³-hybridized carbons (Fsp3) is 0.417. The maximum Gasteiger partial charge on any atom is 0.133 e. The van der Waals surface area contributed by atoms with Crippen molar-refractivity contribution >= 4 is 22.9 Å². The summed E-state index contributed by atoms with van der Waals surface area (Å²) in [4.78, 5) is 11.1. The summed E-state index contributed by atoms with van der Waals surface area (Å²) in [7, 11) is 0. The van der Waals surface area contributed by atoms with Crippen molar-refractivity contribution < 1.29 is 9.18 Å². The van der Waals surface area contributed by atoms with Gasteiger partial charge in [0.05, 0.1) is 11.2 Å². The van der Waals surface area contributed by atoms with Crippen molar-refractivity contribution in [3.8, 4) is 11.1 Å². The summed E-state index contributed by atoms with van der Waals surface area (Å²) in [6.07, 6.45) is 4.29. The average molecular weight is 417 g/mol. The van der Waals surface area contributed by atoms with Gasteiger partial charge in [-0.1, -0.05) is 63.6 Å². The highest BCUT2D eigenvalue weighted by Crippen LogP contribution is 2.29. The van der Waals surface area contributed by atoms with Crippen LogP contribution in [0.15, 0.2) is 42.6 Å². The van der Waals surface area contributed by atoms with Gasteiger partial charge in [-0.05, 0) is 42.0 Å². The Morgan fingerprint density at radius 3 is 2.38 bits per heavy atom. The van der Waals surface area contributed by atoms with Gasteiger partial charge in [0.25, 0.3) is 0 Å². The average Bonchev–Trinajstić information content (AvgIpc) is 2.96. The minimum atomic E-state index is -0.445. The van der Waals surface area contributed by atoms with Crippen molar-refractivity contribution in [1.29, 1.82) is 0 Å². The van der Waals surface area contributed by atoms with E-state index < -0.39 is 6.67 Å². The first-order chi connectivity index (χ1) is 13.6. The Morgan fingerprint density at radius 2 is 1.83 bits per heavy atom. The van der Waals surface area contributed by atoms with Gasteiger partial charge in [0.1, 0.15) is 12.5 Å². The quantitative estimate of drug-likeness (QED) is 0.439. The number of carbonyl (C=O) groups excluding carboxylic acids is 1. The topological polar surface area (TPSA) is 34.4 Å². The third-order valence-electron chi connectivity index (χ3n) is 4.43.